The molecule has 0 unspecified atom stereocenters. The lowest BCUT2D eigenvalue weighted by Crippen LogP contribution is -2.08. The van der Waals surface area contributed by atoms with Gasteiger partial charge in [-0.25, -0.2) is 9.37 Å². The predicted octanol–water partition coefficient (Wildman–Crippen LogP) is 1.82. The fourth-order valence-electron chi connectivity index (χ4n) is 1.63. The first-order chi connectivity index (χ1) is 9.08. The molecule has 0 amide bonds. The van der Waals surface area contributed by atoms with Crippen LogP contribution in [0.2, 0.25) is 0 Å². The number of nitrogens with one attached hydrogen (secondary N) is 2. The van der Waals surface area contributed by atoms with Crippen LogP contribution in [0.4, 0.5) is 15.8 Å². The summed E-state index contributed by atoms with van der Waals surface area (Å²) in [6.07, 6.45) is 1.92. The van der Waals surface area contributed by atoms with Crippen molar-refractivity contribution in [2.24, 2.45) is 0 Å². The lowest BCUT2D eigenvalue weighted by Gasteiger charge is -2.07. The molecule has 1 aromatic carbocycles. The predicted molar refractivity (Wildman–Crippen MR) is 66.4 cm³/mol. The van der Waals surface area contributed by atoms with Gasteiger partial charge in [-0.15, -0.1) is 0 Å². The van der Waals surface area contributed by atoms with Gasteiger partial charge in [0, 0.05) is 13.0 Å². The third kappa shape index (κ3) is 3.03. The zero-order valence-corrected chi connectivity index (χ0v) is 10.2. The third-order valence-electron chi connectivity index (χ3n) is 2.62. The van der Waals surface area contributed by atoms with E-state index < -0.39 is 10.7 Å². The van der Waals surface area contributed by atoms with Crippen molar-refractivity contribution >= 4 is 11.4 Å². The first-order valence-corrected chi connectivity index (χ1v) is 5.60. The van der Waals surface area contributed by atoms with E-state index in [0.29, 0.717) is 30.0 Å². The van der Waals surface area contributed by atoms with E-state index in [9.17, 15) is 14.5 Å². The van der Waals surface area contributed by atoms with Crippen molar-refractivity contribution in [1.29, 1.82) is 0 Å². The van der Waals surface area contributed by atoms with E-state index in [1.54, 1.807) is 6.92 Å². The third-order valence-corrected chi connectivity index (χ3v) is 2.62. The number of aromatic nitrogens is 3. The molecular weight excluding hydrogens is 253 g/mol. The molecule has 0 atom stereocenters. The van der Waals surface area contributed by atoms with Gasteiger partial charge in [-0.1, -0.05) is 0 Å². The second-order valence-electron chi connectivity index (χ2n) is 3.98. The normalized spacial score (nSPS) is 10.4. The number of hydrogen-bond donors (Lipinski definition) is 2. The van der Waals surface area contributed by atoms with E-state index in [1.807, 2.05) is 0 Å². The van der Waals surface area contributed by atoms with Crippen molar-refractivity contribution in [3.63, 3.8) is 0 Å². The van der Waals surface area contributed by atoms with E-state index >= 15 is 0 Å². The molecule has 0 saturated heterocycles. The van der Waals surface area contributed by atoms with Crippen molar-refractivity contribution < 1.29 is 9.31 Å². The molecule has 1 heterocycles. The lowest BCUT2D eigenvalue weighted by molar-refractivity contribution is -0.384. The lowest BCUT2D eigenvalue weighted by atomic mass is 10.1. The van der Waals surface area contributed by atoms with Gasteiger partial charge in [0.2, 0.25) is 0 Å². The molecule has 2 aromatic rings. The first kappa shape index (κ1) is 12.9. The molecule has 0 bridgehead atoms. The number of rotatable bonds is 5. The van der Waals surface area contributed by atoms with Crippen LogP contribution in [0.1, 0.15) is 11.4 Å². The maximum absolute atomic E-state index is 13.3. The fraction of sp³-hybridized carbons (Fsp3) is 0.273. The maximum Gasteiger partial charge on any atom is 0.295 e. The highest BCUT2D eigenvalue weighted by Crippen LogP contribution is 2.27. The van der Waals surface area contributed by atoms with Gasteiger partial charge in [-0.2, -0.15) is 5.10 Å². The summed E-state index contributed by atoms with van der Waals surface area (Å²) in [5.41, 5.74) is 0.372. The quantitative estimate of drug-likeness (QED) is 0.634. The Kier molecular flexibility index (Phi) is 3.69. The Bertz CT molecular complexity index is 585. The molecule has 19 heavy (non-hydrogen) atoms. The number of nitro groups is 1. The Hall–Kier alpha value is -2.51. The largest absolute Gasteiger partial charge is 0.379 e. The highest BCUT2D eigenvalue weighted by atomic mass is 19.1. The Morgan fingerprint density at radius 3 is 2.95 bits per heavy atom. The van der Waals surface area contributed by atoms with E-state index in [-0.39, 0.29) is 5.69 Å². The van der Waals surface area contributed by atoms with Crippen molar-refractivity contribution in [2.45, 2.75) is 13.3 Å². The minimum absolute atomic E-state index is 0.277. The molecular formula is C11H12FN5O2. The van der Waals surface area contributed by atoms with Gasteiger partial charge in [0.05, 0.1) is 11.0 Å². The van der Waals surface area contributed by atoms with Crippen molar-refractivity contribution in [3.05, 3.63) is 45.8 Å². The van der Waals surface area contributed by atoms with Crippen LogP contribution in [0.15, 0.2) is 18.5 Å². The maximum atomic E-state index is 13.3. The van der Waals surface area contributed by atoms with E-state index in [0.717, 1.165) is 6.07 Å². The minimum atomic E-state index is -0.612. The standard InChI is InChI=1S/C11H12FN5O2/c1-7-4-9(10(17(18)19)5-8(7)12)13-3-2-11-14-6-15-16-11/h4-6,13H,2-3H2,1H3,(H,14,15,16). The molecule has 0 spiro atoms. The molecule has 1 aromatic heterocycles. The van der Waals surface area contributed by atoms with Gasteiger partial charge in [0.1, 0.15) is 23.7 Å². The van der Waals surface area contributed by atoms with Crippen molar-refractivity contribution in [1.82, 2.24) is 15.2 Å². The van der Waals surface area contributed by atoms with Crippen LogP contribution in [0.25, 0.3) is 0 Å². The number of nitrogens with zero attached hydrogens (tertiary/aromatic N) is 3. The van der Waals surface area contributed by atoms with Crippen LogP contribution in [0, 0.1) is 22.9 Å². The number of aryl methyl sites for hydroxylation is 1. The van der Waals surface area contributed by atoms with Crippen LogP contribution >= 0.6 is 0 Å². The summed E-state index contributed by atoms with van der Waals surface area (Å²) in [6, 6.07) is 2.35. The molecule has 0 aliphatic heterocycles. The average molecular weight is 265 g/mol. The molecule has 2 rings (SSSR count). The number of nitro benzene ring substituents is 1. The summed E-state index contributed by atoms with van der Waals surface area (Å²) < 4.78 is 13.3. The molecule has 0 radical (unpaired) electrons. The Labute approximate surface area is 108 Å². The molecule has 7 nitrogen and oxygen atoms in total. The van der Waals surface area contributed by atoms with Crippen LogP contribution in [-0.4, -0.2) is 26.6 Å². The second kappa shape index (κ2) is 5.42. The zero-order valence-electron chi connectivity index (χ0n) is 10.2. The summed E-state index contributed by atoms with van der Waals surface area (Å²) in [7, 11) is 0. The molecule has 8 heteroatoms. The smallest absolute Gasteiger partial charge is 0.295 e. The summed E-state index contributed by atoms with van der Waals surface area (Å²) in [4.78, 5) is 14.2. The Balaban J connectivity index is 2.10. The number of hydrogen-bond acceptors (Lipinski definition) is 5. The second-order valence-corrected chi connectivity index (χ2v) is 3.98. The summed E-state index contributed by atoms with van der Waals surface area (Å²) in [5, 5.41) is 20.1. The molecule has 0 aliphatic carbocycles. The van der Waals surface area contributed by atoms with Gasteiger partial charge in [-0.3, -0.25) is 15.2 Å². The monoisotopic (exact) mass is 265 g/mol. The fourth-order valence-corrected chi connectivity index (χ4v) is 1.63. The highest BCUT2D eigenvalue weighted by molar-refractivity contribution is 5.63. The van der Waals surface area contributed by atoms with E-state index in [4.69, 9.17) is 0 Å². The molecule has 100 valence electrons. The van der Waals surface area contributed by atoms with Gasteiger partial charge >= 0.3 is 0 Å². The SMILES string of the molecule is Cc1cc(NCCc2ncn[nH]2)c([N+](=O)[O-])cc1F. The van der Waals surface area contributed by atoms with Gasteiger partial charge in [0.15, 0.2) is 0 Å². The van der Waals surface area contributed by atoms with Gasteiger partial charge in [0.25, 0.3) is 5.69 Å². The molecule has 0 saturated carbocycles. The van der Waals surface area contributed by atoms with Crippen LogP contribution in [0.5, 0.6) is 0 Å². The topological polar surface area (TPSA) is 96.7 Å². The highest BCUT2D eigenvalue weighted by Gasteiger charge is 2.16. The number of aromatic amines is 1. The first-order valence-electron chi connectivity index (χ1n) is 5.60. The molecule has 0 fully saturated rings. The zero-order chi connectivity index (χ0) is 13.8. The van der Waals surface area contributed by atoms with Crippen LogP contribution in [-0.2, 0) is 6.42 Å². The number of anilines is 1. The average Bonchev–Trinajstić information content (AvgIpc) is 2.86. The number of benzene rings is 1. The number of halogens is 1. The summed E-state index contributed by atoms with van der Waals surface area (Å²) in [6.45, 7) is 1.99. The van der Waals surface area contributed by atoms with Gasteiger partial charge < -0.3 is 5.32 Å². The Morgan fingerprint density at radius 2 is 2.32 bits per heavy atom. The Morgan fingerprint density at radius 1 is 1.53 bits per heavy atom. The summed E-state index contributed by atoms with van der Waals surface area (Å²) >= 11 is 0. The van der Waals surface area contributed by atoms with E-state index in [2.05, 4.69) is 20.5 Å². The van der Waals surface area contributed by atoms with Crippen molar-refractivity contribution in [3.8, 4) is 0 Å². The van der Waals surface area contributed by atoms with Crippen molar-refractivity contribution in [2.75, 3.05) is 11.9 Å². The molecule has 2 N–H and O–H groups in total. The number of H-pyrrole nitrogens is 1. The van der Waals surface area contributed by atoms with Crippen LogP contribution in [0.3, 0.4) is 0 Å². The van der Waals surface area contributed by atoms with Crippen LogP contribution < -0.4 is 5.32 Å². The van der Waals surface area contributed by atoms with Gasteiger partial charge in [-0.05, 0) is 18.6 Å². The molecule has 0 aliphatic rings. The summed E-state index contributed by atoms with van der Waals surface area (Å²) in [5.74, 6) is 0.0847. The minimum Gasteiger partial charge on any atom is -0.379 e. The van der Waals surface area contributed by atoms with E-state index in [1.165, 1.54) is 12.4 Å².